The zero-order chi connectivity index (χ0) is 21.1. The fourth-order valence-electron chi connectivity index (χ4n) is 3.22. The summed E-state index contributed by atoms with van der Waals surface area (Å²) in [5.41, 5.74) is 4.68. The number of nitrogens with one attached hydrogen (secondary N) is 1. The molecule has 0 fully saturated rings. The molecule has 0 aliphatic carbocycles. The van der Waals surface area contributed by atoms with E-state index in [1.807, 2.05) is 48.0 Å². The highest BCUT2D eigenvalue weighted by molar-refractivity contribution is 5.71. The van der Waals surface area contributed by atoms with E-state index >= 15 is 0 Å². The van der Waals surface area contributed by atoms with Crippen molar-refractivity contribution in [1.29, 1.82) is 0 Å². The van der Waals surface area contributed by atoms with E-state index in [0.717, 1.165) is 28.3 Å². The molecule has 0 saturated carbocycles. The lowest BCUT2D eigenvalue weighted by Crippen LogP contribution is -1.95. The molecule has 0 aliphatic heterocycles. The Balaban J connectivity index is 1.61. The van der Waals surface area contributed by atoms with Crippen molar-refractivity contribution in [3.05, 3.63) is 83.6 Å². The van der Waals surface area contributed by atoms with Crippen LogP contribution in [-0.2, 0) is 6.61 Å². The van der Waals surface area contributed by atoms with E-state index in [-0.39, 0.29) is 12.4 Å². The molecule has 152 valence electrons. The molecule has 0 unspecified atom stereocenters. The SMILES string of the molecule is COc1cc(C=Cc2nc(CO)c(-c3ccc(F)cc3)[nH]2)ccc1-n1cnc(C)c1. The smallest absolute Gasteiger partial charge is 0.143 e. The third kappa shape index (κ3) is 4.01. The van der Waals surface area contributed by atoms with Crippen LogP contribution in [0.4, 0.5) is 4.39 Å². The predicted octanol–water partition coefficient (Wildman–Crippen LogP) is 4.38. The summed E-state index contributed by atoms with van der Waals surface area (Å²) in [5, 5.41) is 9.64. The number of methoxy groups -OCH3 is 1. The summed E-state index contributed by atoms with van der Waals surface area (Å²) in [4.78, 5) is 11.9. The van der Waals surface area contributed by atoms with Crippen molar-refractivity contribution in [2.24, 2.45) is 0 Å². The molecule has 0 amide bonds. The third-order valence-corrected chi connectivity index (χ3v) is 4.71. The van der Waals surface area contributed by atoms with Gasteiger partial charge in [-0.3, -0.25) is 0 Å². The maximum Gasteiger partial charge on any atom is 0.143 e. The summed E-state index contributed by atoms with van der Waals surface area (Å²) in [6, 6.07) is 11.9. The van der Waals surface area contributed by atoms with Crippen LogP contribution in [0.1, 0.15) is 22.8 Å². The number of nitrogens with zero attached hydrogens (tertiary/aromatic N) is 3. The van der Waals surface area contributed by atoms with Gasteiger partial charge in [0.15, 0.2) is 0 Å². The van der Waals surface area contributed by atoms with Crippen LogP contribution < -0.4 is 4.74 Å². The first kappa shape index (κ1) is 19.6. The molecule has 30 heavy (non-hydrogen) atoms. The lowest BCUT2D eigenvalue weighted by molar-refractivity contribution is 0.278. The summed E-state index contributed by atoms with van der Waals surface area (Å²) < 4.78 is 20.7. The summed E-state index contributed by atoms with van der Waals surface area (Å²) in [7, 11) is 1.63. The van der Waals surface area contributed by atoms with Gasteiger partial charge in [0.25, 0.3) is 0 Å². The highest BCUT2D eigenvalue weighted by atomic mass is 19.1. The molecule has 2 aromatic carbocycles. The summed E-state index contributed by atoms with van der Waals surface area (Å²) >= 11 is 0. The number of aliphatic hydroxyl groups excluding tert-OH is 1. The largest absolute Gasteiger partial charge is 0.495 e. The number of aromatic amines is 1. The van der Waals surface area contributed by atoms with Gasteiger partial charge in [0, 0.05) is 11.8 Å². The van der Waals surface area contributed by atoms with Gasteiger partial charge in [0.05, 0.1) is 42.8 Å². The van der Waals surface area contributed by atoms with Crippen molar-refractivity contribution in [1.82, 2.24) is 19.5 Å². The fourth-order valence-corrected chi connectivity index (χ4v) is 3.22. The Morgan fingerprint density at radius 2 is 1.97 bits per heavy atom. The van der Waals surface area contributed by atoms with Crippen LogP contribution >= 0.6 is 0 Å². The van der Waals surface area contributed by atoms with E-state index in [0.29, 0.717) is 17.2 Å². The van der Waals surface area contributed by atoms with Gasteiger partial charge in [-0.25, -0.2) is 14.4 Å². The number of halogens is 1. The number of ether oxygens (including phenoxy) is 1. The van der Waals surface area contributed by atoms with Gasteiger partial charge in [-0.1, -0.05) is 12.1 Å². The number of hydrogen-bond donors (Lipinski definition) is 2. The van der Waals surface area contributed by atoms with Crippen LogP contribution in [0.25, 0.3) is 29.1 Å². The molecule has 0 bridgehead atoms. The standard InChI is InChI=1S/C23H21FN4O2/c1-15-12-28(14-25-15)20-9-3-16(11-21(20)30-2)4-10-22-26-19(13-29)23(27-22)17-5-7-18(24)8-6-17/h3-12,14,29H,13H2,1-2H3,(H,26,27). The topological polar surface area (TPSA) is 76.0 Å². The second-order valence-electron chi connectivity index (χ2n) is 6.80. The van der Waals surface area contributed by atoms with E-state index in [4.69, 9.17) is 4.74 Å². The molecule has 0 aliphatic rings. The molecule has 2 aromatic heterocycles. The molecular weight excluding hydrogens is 383 g/mol. The first-order valence-electron chi connectivity index (χ1n) is 9.40. The van der Waals surface area contributed by atoms with Crippen LogP contribution in [-0.4, -0.2) is 31.7 Å². The van der Waals surface area contributed by atoms with Gasteiger partial charge < -0.3 is 19.4 Å². The van der Waals surface area contributed by atoms with E-state index < -0.39 is 0 Å². The predicted molar refractivity (Wildman–Crippen MR) is 114 cm³/mol. The average molecular weight is 404 g/mol. The molecule has 0 saturated heterocycles. The van der Waals surface area contributed by atoms with Crippen LogP contribution in [0.3, 0.4) is 0 Å². The van der Waals surface area contributed by atoms with Crippen molar-refractivity contribution in [2.45, 2.75) is 13.5 Å². The van der Waals surface area contributed by atoms with Gasteiger partial charge in [-0.15, -0.1) is 0 Å². The number of rotatable bonds is 6. The van der Waals surface area contributed by atoms with Crippen molar-refractivity contribution in [3.63, 3.8) is 0 Å². The third-order valence-electron chi connectivity index (χ3n) is 4.71. The zero-order valence-electron chi connectivity index (χ0n) is 16.6. The second kappa shape index (κ2) is 8.34. The minimum atomic E-state index is -0.313. The minimum absolute atomic E-state index is 0.218. The highest BCUT2D eigenvalue weighted by Crippen LogP contribution is 2.26. The van der Waals surface area contributed by atoms with E-state index in [1.54, 1.807) is 25.6 Å². The van der Waals surface area contributed by atoms with Crippen LogP contribution in [0.5, 0.6) is 5.75 Å². The first-order chi connectivity index (χ1) is 14.6. The minimum Gasteiger partial charge on any atom is -0.495 e. The van der Waals surface area contributed by atoms with Crippen molar-refractivity contribution >= 4 is 12.2 Å². The van der Waals surface area contributed by atoms with E-state index in [1.165, 1.54) is 12.1 Å². The molecular formula is C23H21FN4O2. The molecule has 0 radical (unpaired) electrons. The lowest BCUT2D eigenvalue weighted by Gasteiger charge is -2.09. The highest BCUT2D eigenvalue weighted by Gasteiger charge is 2.11. The molecule has 0 atom stereocenters. The van der Waals surface area contributed by atoms with Gasteiger partial charge >= 0.3 is 0 Å². The Morgan fingerprint density at radius 1 is 1.17 bits per heavy atom. The number of aryl methyl sites for hydroxylation is 1. The van der Waals surface area contributed by atoms with Gasteiger partial charge in [0.2, 0.25) is 0 Å². The van der Waals surface area contributed by atoms with Crippen molar-refractivity contribution in [2.75, 3.05) is 7.11 Å². The zero-order valence-corrected chi connectivity index (χ0v) is 16.6. The van der Waals surface area contributed by atoms with E-state index in [2.05, 4.69) is 15.0 Å². The first-order valence-corrected chi connectivity index (χ1v) is 9.40. The summed E-state index contributed by atoms with van der Waals surface area (Å²) in [5.74, 6) is 0.996. The molecule has 2 heterocycles. The van der Waals surface area contributed by atoms with Gasteiger partial charge in [0.1, 0.15) is 17.4 Å². The Kier molecular flexibility index (Phi) is 5.45. The van der Waals surface area contributed by atoms with Crippen molar-refractivity contribution in [3.8, 4) is 22.7 Å². The molecule has 7 heteroatoms. The Labute approximate surface area is 173 Å². The van der Waals surface area contributed by atoms with Crippen molar-refractivity contribution < 1.29 is 14.2 Å². The lowest BCUT2D eigenvalue weighted by atomic mass is 10.1. The Bertz CT molecular complexity index is 1190. The van der Waals surface area contributed by atoms with Crippen LogP contribution in [0.2, 0.25) is 0 Å². The maximum absolute atomic E-state index is 13.2. The molecule has 2 N–H and O–H groups in total. The Hall–Kier alpha value is -3.71. The van der Waals surface area contributed by atoms with E-state index in [9.17, 15) is 9.50 Å². The molecule has 0 spiro atoms. The monoisotopic (exact) mass is 404 g/mol. The fraction of sp³-hybridized carbons (Fsp3) is 0.130. The van der Waals surface area contributed by atoms with Crippen LogP contribution in [0.15, 0.2) is 55.0 Å². The Morgan fingerprint density at radius 3 is 2.63 bits per heavy atom. The second-order valence-corrected chi connectivity index (χ2v) is 6.80. The number of aromatic nitrogens is 4. The molecule has 4 rings (SSSR count). The number of benzene rings is 2. The van der Waals surface area contributed by atoms with Crippen LogP contribution in [0, 0.1) is 12.7 Å². The average Bonchev–Trinajstić information content (AvgIpc) is 3.38. The summed E-state index contributed by atoms with van der Waals surface area (Å²) in [6.45, 7) is 1.72. The summed E-state index contributed by atoms with van der Waals surface area (Å²) in [6.07, 6.45) is 7.41. The molecule has 4 aromatic rings. The number of H-pyrrole nitrogens is 1. The number of hydrogen-bond acceptors (Lipinski definition) is 4. The van der Waals surface area contributed by atoms with Gasteiger partial charge in [-0.2, -0.15) is 0 Å². The number of aliphatic hydroxyl groups is 1. The number of imidazole rings is 2. The molecule has 6 nitrogen and oxygen atoms in total. The maximum atomic E-state index is 13.2. The van der Waals surface area contributed by atoms with Gasteiger partial charge in [-0.05, 0) is 55.0 Å². The quantitative estimate of drug-likeness (QED) is 0.500. The normalized spacial score (nSPS) is 11.3.